The molecule has 4 bridgehead atoms. The topological polar surface area (TPSA) is 66.5 Å². The molecule has 1 heterocycles. The molecule has 1 aromatic rings. The van der Waals surface area contributed by atoms with Crippen molar-refractivity contribution >= 4 is 23.4 Å². The Bertz CT molecular complexity index is 749. The van der Waals surface area contributed by atoms with Crippen molar-refractivity contribution in [3.63, 3.8) is 0 Å². The second-order valence-corrected chi connectivity index (χ2v) is 8.83. The minimum absolute atomic E-state index is 0.0406. The Balaban J connectivity index is 1.37. The highest BCUT2D eigenvalue weighted by Gasteiger charge is 2.51. The summed E-state index contributed by atoms with van der Waals surface area (Å²) in [5.41, 5.74) is 1.00. The van der Waals surface area contributed by atoms with E-state index < -0.39 is 0 Å². The predicted octanol–water partition coefficient (Wildman–Crippen LogP) is 3.04. The van der Waals surface area contributed by atoms with Crippen LogP contribution in [0.15, 0.2) is 24.3 Å². The monoisotopic (exact) mass is 352 g/mol. The lowest BCUT2D eigenvalue weighted by molar-refractivity contribution is -0.121. The third-order valence-corrected chi connectivity index (χ3v) is 6.84. The number of nitrogens with zero attached hydrogens (tertiary/aromatic N) is 1. The second-order valence-electron chi connectivity index (χ2n) is 8.83. The molecule has 0 aromatic heterocycles. The molecular formula is C21H24N2O3. The maximum atomic E-state index is 13.0. The van der Waals surface area contributed by atoms with Gasteiger partial charge in [0.05, 0.1) is 5.69 Å². The summed E-state index contributed by atoms with van der Waals surface area (Å²) in [5, 5.41) is 3.35. The first-order chi connectivity index (χ1) is 12.5. The number of anilines is 1. The van der Waals surface area contributed by atoms with Crippen LogP contribution in [0.1, 0.15) is 61.7 Å². The molecule has 26 heavy (non-hydrogen) atoms. The van der Waals surface area contributed by atoms with Crippen molar-refractivity contribution in [2.75, 3.05) is 4.90 Å². The van der Waals surface area contributed by atoms with Crippen LogP contribution in [0.2, 0.25) is 0 Å². The first-order valence-corrected chi connectivity index (χ1v) is 9.80. The van der Waals surface area contributed by atoms with E-state index in [0.717, 1.165) is 37.0 Å². The smallest absolute Gasteiger partial charge is 0.251 e. The molecule has 3 amide bonds. The highest BCUT2D eigenvalue weighted by molar-refractivity contribution is 6.20. The first kappa shape index (κ1) is 16.0. The van der Waals surface area contributed by atoms with Gasteiger partial charge >= 0.3 is 0 Å². The standard InChI is InChI=1S/C21H24N2O3/c24-18-4-5-19(25)23(18)17-3-1-2-16(9-17)20(26)22-21-10-13-6-14(11-21)8-15(7-13)12-21/h1-3,9,13-15H,4-8,10-12H2,(H,22,26). The number of nitrogens with one attached hydrogen (secondary N) is 1. The highest BCUT2D eigenvalue weighted by atomic mass is 16.2. The summed E-state index contributed by atoms with van der Waals surface area (Å²) in [7, 11) is 0. The van der Waals surface area contributed by atoms with Crippen LogP contribution >= 0.6 is 0 Å². The first-order valence-electron chi connectivity index (χ1n) is 9.80. The van der Waals surface area contributed by atoms with Gasteiger partial charge in [0.15, 0.2) is 0 Å². The lowest BCUT2D eigenvalue weighted by atomic mass is 9.53. The average Bonchev–Trinajstić information content (AvgIpc) is 2.92. The quantitative estimate of drug-likeness (QED) is 0.850. The third-order valence-electron chi connectivity index (χ3n) is 6.84. The molecule has 0 radical (unpaired) electrons. The zero-order chi connectivity index (χ0) is 17.9. The number of hydrogen-bond acceptors (Lipinski definition) is 3. The summed E-state index contributed by atoms with van der Waals surface area (Å²) in [6.45, 7) is 0. The molecule has 136 valence electrons. The summed E-state index contributed by atoms with van der Waals surface area (Å²) in [6, 6.07) is 6.92. The van der Waals surface area contributed by atoms with Crippen LogP contribution in [-0.4, -0.2) is 23.3 Å². The Morgan fingerprint density at radius 2 is 1.54 bits per heavy atom. The number of imide groups is 1. The molecular weight excluding hydrogens is 328 g/mol. The zero-order valence-electron chi connectivity index (χ0n) is 14.9. The van der Waals surface area contributed by atoms with Gasteiger partial charge in [-0.1, -0.05) is 6.07 Å². The van der Waals surface area contributed by atoms with Crippen molar-refractivity contribution in [3.05, 3.63) is 29.8 Å². The van der Waals surface area contributed by atoms with Gasteiger partial charge in [-0.2, -0.15) is 0 Å². The summed E-state index contributed by atoms with van der Waals surface area (Å²) in [6.07, 6.45) is 7.83. The number of amides is 3. The van der Waals surface area contributed by atoms with Gasteiger partial charge < -0.3 is 5.32 Å². The van der Waals surface area contributed by atoms with E-state index in [1.165, 1.54) is 24.2 Å². The molecule has 0 spiro atoms. The molecule has 0 unspecified atom stereocenters. The van der Waals surface area contributed by atoms with E-state index in [1.807, 2.05) is 0 Å². The van der Waals surface area contributed by atoms with Crippen molar-refractivity contribution in [2.24, 2.45) is 17.8 Å². The molecule has 0 atom stereocenters. The van der Waals surface area contributed by atoms with Gasteiger partial charge in [-0.15, -0.1) is 0 Å². The van der Waals surface area contributed by atoms with Gasteiger partial charge in [-0.05, 0) is 74.5 Å². The van der Waals surface area contributed by atoms with E-state index in [-0.39, 0.29) is 36.1 Å². The van der Waals surface area contributed by atoms with Crippen molar-refractivity contribution in [1.29, 1.82) is 0 Å². The van der Waals surface area contributed by atoms with Gasteiger partial charge in [0, 0.05) is 23.9 Å². The minimum atomic E-state index is -0.186. The lowest BCUT2D eigenvalue weighted by Crippen LogP contribution is -2.59. The van der Waals surface area contributed by atoms with Crippen LogP contribution in [0, 0.1) is 17.8 Å². The van der Waals surface area contributed by atoms with Crippen LogP contribution < -0.4 is 10.2 Å². The summed E-state index contributed by atoms with van der Waals surface area (Å²) in [4.78, 5) is 38.1. The zero-order valence-corrected chi connectivity index (χ0v) is 14.9. The number of carbonyl (C=O) groups excluding carboxylic acids is 3. The van der Waals surface area contributed by atoms with Crippen LogP contribution in [0.5, 0.6) is 0 Å². The Hall–Kier alpha value is -2.17. The molecule has 6 rings (SSSR count). The molecule has 5 nitrogen and oxygen atoms in total. The van der Waals surface area contributed by atoms with Gasteiger partial charge in [0.2, 0.25) is 11.8 Å². The van der Waals surface area contributed by atoms with Gasteiger partial charge in [0.25, 0.3) is 5.91 Å². The van der Waals surface area contributed by atoms with Crippen molar-refractivity contribution in [1.82, 2.24) is 5.32 Å². The minimum Gasteiger partial charge on any atom is -0.347 e. The molecule has 1 saturated heterocycles. The molecule has 5 heteroatoms. The molecule has 1 aliphatic heterocycles. The van der Waals surface area contributed by atoms with Crippen LogP contribution in [-0.2, 0) is 9.59 Å². The molecule has 1 N–H and O–H groups in total. The molecule has 1 aromatic carbocycles. The Kier molecular flexibility index (Phi) is 3.49. The maximum Gasteiger partial charge on any atom is 0.251 e. The van der Waals surface area contributed by atoms with Crippen molar-refractivity contribution < 1.29 is 14.4 Å². The largest absolute Gasteiger partial charge is 0.347 e. The lowest BCUT2D eigenvalue weighted by Gasteiger charge is -2.56. The summed E-state index contributed by atoms with van der Waals surface area (Å²) in [5.74, 6) is 1.86. The van der Waals surface area contributed by atoms with E-state index in [2.05, 4.69) is 5.32 Å². The van der Waals surface area contributed by atoms with Crippen molar-refractivity contribution in [3.8, 4) is 0 Å². The number of benzene rings is 1. The van der Waals surface area contributed by atoms with E-state index in [1.54, 1.807) is 24.3 Å². The highest BCUT2D eigenvalue weighted by Crippen LogP contribution is 2.55. The number of rotatable bonds is 3. The van der Waals surface area contributed by atoms with Crippen LogP contribution in [0.25, 0.3) is 0 Å². The normalized spacial score (nSPS) is 35.2. The van der Waals surface area contributed by atoms with Gasteiger partial charge in [0.1, 0.15) is 0 Å². The van der Waals surface area contributed by atoms with Gasteiger partial charge in [-0.3, -0.25) is 19.3 Å². The van der Waals surface area contributed by atoms with E-state index in [9.17, 15) is 14.4 Å². The molecule has 4 aliphatic carbocycles. The molecule has 5 fully saturated rings. The van der Waals surface area contributed by atoms with Gasteiger partial charge in [-0.25, -0.2) is 0 Å². The van der Waals surface area contributed by atoms with Crippen LogP contribution in [0.3, 0.4) is 0 Å². The Morgan fingerprint density at radius 3 is 2.12 bits per heavy atom. The molecule has 4 saturated carbocycles. The Labute approximate surface area is 153 Å². The number of carbonyl (C=O) groups is 3. The average molecular weight is 352 g/mol. The maximum absolute atomic E-state index is 13.0. The summed E-state index contributed by atoms with van der Waals surface area (Å²) < 4.78 is 0. The van der Waals surface area contributed by atoms with E-state index >= 15 is 0 Å². The van der Waals surface area contributed by atoms with E-state index in [0.29, 0.717) is 11.3 Å². The number of hydrogen-bond donors (Lipinski definition) is 1. The third kappa shape index (κ3) is 2.56. The fourth-order valence-corrected chi connectivity index (χ4v) is 6.23. The fourth-order valence-electron chi connectivity index (χ4n) is 6.23. The van der Waals surface area contributed by atoms with Crippen molar-refractivity contribution in [2.45, 2.75) is 56.9 Å². The Morgan fingerprint density at radius 1 is 0.962 bits per heavy atom. The van der Waals surface area contributed by atoms with E-state index in [4.69, 9.17) is 0 Å². The predicted molar refractivity (Wildman–Crippen MR) is 96.5 cm³/mol. The second kappa shape index (κ2) is 5.66. The molecule has 5 aliphatic rings. The fraction of sp³-hybridized carbons (Fsp3) is 0.571. The summed E-state index contributed by atoms with van der Waals surface area (Å²) >= 11 is 0. The van der Waals surface area contributed by atoms with Crippen LogP contribution in [0.4, 0.5) is 5.69 Å². The SMILES string of the molecule is O=C(NC12CC3CC(CC(C3)C1)C2)c1cccc(N2C(=O)CCC2=O)c1.